The van der Waals surface area contributed by atoms with Gasteiger partial charge in [-0.3, -0.25) is 0 Å². The number of amides is 2. The predicted molar refractivity (Wildman–Crippen MR) is 94.1 cm³/mol. The summed E-state index contributed by atoms with van der Waals surface area (Å²) >= 11 is 6.16. The molecule has 1 aliphatic heterocycles. The third-order valence-electron chi connectivity index (χ3n) is 4.09. The Balaban J connectivity index is 1.76. The summed E-state index contributed by atoms with van der Waals surface area (Å²) < 4.78 is 9.90. The topological polar surface area (TPSA) is 67.9 Å². The number of hydrogen-bond acceptors (Lipinski definition) is 4. The van der Waals surface area contributed by atoms with Gasteiger partial charge in [0.15, 0.2) is 0 Å². The number of carbonyl (C=O) groups excluding carboxylic acids is 2. The van der Waals surface area contributed by atoms with Crippen molar-refractivity contribution in [3.05, 3.63) is 58.1 Å². The Hall–Kier alpha value is -2.73. The standard InChI is InChI=1S/C18H17ClN2O4/c1-24-12-6-7-16(15(19)8-12)20-18(23)21-9-11-4-3-5-13(14(11)10-21)17(22)25-2/h3-8H,9-10H2,1-2H3,(H,20,23). The number of carbonyl (C=O) groups is 2. The zero-order valence-corrected chi connectivity index (χ0v) is 14.6. The number of halogens is 1. The lowest BCUT2D eigenvalue weighted by atomic mass is 10.0. The first-order valence-corrected chi connectivity index (χ1v) is 8.00. The van der Waals surface area contributed by atoms with Crippen molar-refractivity contribution in [2.75, 3.05) is 19.5 Å². The number of ether oxygens (including phenoxy) is 2. The Morgan fingerprint density at radius 2 is 1.96 bits per heavy atom. The van der Waals surface area contributed by atoms with Crippen LogP contribution in [-0.4, -0.2) is 31.1 Å². The van der Waals surface area contributed by atoms with Gasteiger partial charge in [0.05, 0.1) is 30.5 Å². The van der Waals surface area contributed by atoms with Gasteiger partial charge in [0.2, 0.25) is 0 Å². The maximum atomic E-state index is 12.5. The average Bonchev–Trinajstić information content (AvgIpc) is 3.07. The van der Waals surface area contributed by atoms with Crippen LogP contribution in [0.5, 0.6) is 5.75 Å². The van der Waals surface area contributed by atoms with Crippen molar-refractivity contribution in [2.45, 2.75) is 13.1 Å². The molecule has 0 saturated heterocycles. The molecule has 6 nitrogen and oxygen atoms in total. The lowest BCUT2D eigenvalue weighted by molar-refractivity contribution is 0.0599. The van der Waals surface area contributed by atoms with Crippen molar-refractivity contribution >= 4 is 29.3 Å². The number of anilines is 1. The first-order chi connectivity index (χ1) is 12.0. The zero-order valence-electron chi connectivity index (χ0n) is 13.8. The summed E-state index contributed by atoms with van der Waals surface area (Å²) in [4.78, 5) is 26.0. The summed E-state index contributed by atoms with van der Waals surface area (Å²) in [6.45, 7) is 0.750. The number of hydrogen-bond donors (Lipinski definition) is 1. The second kappa shape index (κ2) is 7.03. The molecule has 3 rings (SSSR count). The van der Waals surface area contributed by atoms with Gasteiger partial charge in [0, 0.05) is 19.2 Å². The second-order valence-corrected chi connectivity index (χ2v) is 5.97. The molecular weight excluding hydrogens is 344 g/mol. The predicted octanol–water partition coefficient (Wildman–Crippen LogP) is 3.68. The first-order valence-electron chi connectivity index (χ1n) is 7.62. The molecule has 1 N–H and O–H groups in total. The lowest BCUT2D eigenvalue weighted by Gasteiger charge is -2.17. The van der Waals surface area contributed by atoms with Crippen LogP contribution in [0.25, 0.3) is 0 Å². The zero-order chi connectivity index (χ0) is 18.0. The summed E-state index contributed by atoms with van der Waals surface area (Å²) in [7, 11) is 2.89. The Kier molecular flexibility index (Phi) is 4.81. The highest BCUT2D eigenvalue weighted by atomic mass is 35.5. The molecule has 2 aromatic rings. The third kappa shape index (κ3) is 3.39. The molecule has 0 aromatic heterocycles. The number of nitrogens with one attached hydrogen (secondary N) is 1. The van der Waals surface area contributed by atoms with E-state index in [0.29, 0.717) is 35.1 Å². The van der Waals surface area contributed by atoms with Gasteiger partial charge < -0.3 is 19.7 Å². The Morgan fingerprint density at radius 3 is 2.64 bits per heavy atom. The Morgan fingerprint density at radius 1 is 1.16 bits per heavy atom. The van der Waals surface area contributed by atoms with Crippen LogP contribution in [0.4, 0.5) is 10.5 Å². The molecule has 1 aliphatic rings. The van der Waals surface area contributed by atoms with Gasteiger partial charge in [-0.1, -0.05) is 23.7 Å². The fraction of sp³-hybridized carbons (Fsp3) is 0.222. The van der Waals surface area contributed by atoms with Crippen molar-refractivity contribution < 1.29 is 19.1 Å². The molecule has 1 heterocycles. The second-order valence-electron chi connectivity index (χ2n) is 5.57. The van der Waals surface area contributed by atoms with Crippen molar-refractivity contribution in [3.8, 4) is 5.75 Å². The Labute approximate surface area is 150 Å². The molecule has 0 bridgehead atoms. The van der Waals surface area contributed by atoms with E-state index in [9.17, 15) is 9.59 Å². The normalized spacial score (nSPS) is 12.5. The van der Waals surface area contributed by atoms with Crippen molar-refractivity contribution in [1.82, 2.24) is 4.90 Å². The van der Waals surface area contributed by atoms with Crippen molar-refractivity contribution in [2.24, 2.45) is 0 Å². The third-order valence-corrected chi connectivity index (χ3v) is 4.41. The molecule has 0 unspecified atom stereocenters. The van der Waals surface area contributed by atoms with Gasteiger partial charge >= 0.3 is 12.0 Å². The molecule has 0 atom stereocenters. The molecule has 0 spiro atoms. The van der Waals surface area contributed by atoms with Gasteiger partial charge in [-0.15, -0.1) is 0 Å². The van der Waals surface area contributed by atoms with E-state index in [1.165, 1.54) is 7.11 Å². The maximum Gasteiger partial charge on any atom is 0.338 e. The number of benzene rings is 2. The minimum Gasteiger partial charge on any atom is -0.497 e. The van der Waals surface area contributed by atoms with Crippen molar-refractivity contribution in [1.29, 1.82) is 0 Å². The van der Waals surface area contributed by atoms with Crippen LogP contribution < -0.4 is 10.1 Å². The molecule has 130 valence electrons. The molecular formula is C18H17ClN2O4. The molecule has 7 heteroatoms. The van der Waals surface area contributed by atoms with Gasteiger partial charge in [0.25, 0.3) is 0 Å². The van der Waals surface area contributed by atoms with Crippen LogP contribution in [0, 0.1) is 0 Å². The van der Waals surface area contributed by atoms with Gasteiger partial charge in [-0.2, -0.15) is 0 Å². The van der Waals surface area contributed by atoms with E-state index >= 15 is 0 Å². The van der Waals surface area contributed by atoms with Gasteiger partial charge in [0.1, 0.15) is 5.75 Å². The summed E-state index contributed by atoms with van der Waals surface area (Å²) in [5.74, 6) is 0.205. The van der Waals surface area contributed by atoms with E-state index in [0.717, 1.165) is 11.1 Å². The monoisotopic (exact) mass is 360 g/mol. The van der Waals surface area contributed by atoms with E-state index in [4.69, 9.17) is 21.1 Å². The highest BCUT2D eigenvalue weighted by Gasteiger charge is 2.27. The fourth-order valence-corrected chi connectivity index (χ4v) is 3.00. The molecule has 2 amide bonds. The van der Waals surface area contributed by atoms with E-state index in [2.05, 4.69) is 5.32 Å². The summed E-state index contributed by atoms with van der Waals surface area (Å²) in [6, 6.07) is 10.1. The van der Waals surface area contributed by atoms with Crippen molar-refractivity contribution in [3.63, 3.8) is 0 Å². The minimum atomic E-state index is -0.405. The van der Waals surface area contributed by atoms with Gasteiger partial charge in [-0.25, -0.2) is 9.59 Å². The quantitative estimate of drug-likeness (QED) is 0.848. The summed E-state index contributed by atoms with van der Waals surface area (Å²) in [5, 5.41) is 3.17. The average molecular weight is 361 g/mol. The number of rotatable bonds is 3. The molecule has 0 aliphatic carbocycles. The lowest BCUT2D eigenvalue weighted by Crippen LogP contribution is -2.30. The van der Waals surface area contributed by atoms with Crippen LogP contribution in [0.3, 0.4) is 0 Å². The summed E-state index contributed by atoms with van der Waals surface area (Å²) in [6.07, 6.45) is 0. The molecule has 0 saturated carbocycles. The van der Waals surface area contributed by atoms with Crippen LogP contribution >= 0.6 is 11.6 Å². The van der Waals surface area contributed by atoms with E-state index in [1.807, 2.05) is 6.07 Å². The van der Waals surface area contributed by atoms with Crippen LogP contribution in [0.2, 0.25) is 5.02 Å². The fourth-order valence-electron chi connectivity index (χ4n) is 2.79. The smallest absolute Gasteiger partial charge is 0.338 e. The van der Waals surface area contributed by atoms with E-state index in [-0.39, 0.29) is 6.03 Å². The molecule has 25 heavy (non-hydrogen) atoms. The minimum absolute atomic E-state index is 0.293. The first kappa shape index (κ1) is 17.1. The number of methoxy groups -OCH3 is 2. The Bertz CT molecular complexity index is 838. The van der Waals surface area contributed by atoms with E-state index in [1.54, 1.807) is 42.3 Å². The molecule has 0 fully saturated rings. The van der Waals surface area contributed by atoms with Crippen LogP contribution in [0.1, 0.15) is 21.5 Å². The number of esters is 1. The summed E-state index contributed by atoms with van der Waals surface area (Å²) in [5.41, 5.74) is 2.72. The van der Waals surface area contributed by atoms with Gasteiger partial charge in [-0.05, 0) is 29.3 Å². The highest BCUT2D eigenvalue weighted by molar-refractivity contribution is 6.33. The number of nitrogens with zero attached hydrogens (tertiary/aromatic N) is 1. The van der Waals surface area contributed by atoms with E-state index < -0.39 is 5.97 Å². The highest BCUT2D eigenvalue weighted by Crippen LogP contribution is 2.29. The SMILES string of the molecule is COC(=O)c1cccc2c1CN(C(=O)Nc1ccc(OC)cc1Cl)C2. The molecule has 0 radical (unpaired) electrons. The molecule has 2 aromatic carbocycles. The largest absolute Gasteiger partial charge is 0.497 e. The number of fused-ring (bicyclic) bond motifs is 1. The maximum absolute atomic E-state index is 12.5. The van der Waals surface area contributed by atoms with Crippen LogP contribution in [0.15, 0.2) is 36.4 Å². The van der Waals surface area contributed by atoms with Crippen LogP contribution in [-0.2, 0) is 17.8 Å². The number of urea groups is 1.